The third-order valence-corrected chi connectivity index (χ3v) is 5.44. The van der Waals surface area contributed by atoms with Gasteiger partial charge in [0.25, 0.3) is 0 Å². The maximum absolute atomic E-state index is 6.10. The molecule has 138 valence electrons. The summed E-state index contributed by atoms with van der Waals surface area (Å²) in [5, 5.41) is 4.88. The average molecular weight is 397 g/mol. The van der Waals surface area contributed by atoms with E-state index in [0.717, 1.165) is 11.4 Å². The highest BCUT2D eigenvalue weighted by Crippen LogP contribution is 2.42. The van der Waals surface area contributed by atoms with Crippen molar-refractivity contribution >= 4 is 34.6 Å². The molecule has 0 unspecified atom stereocenters. The Balaban J connectivity index is 1.85. The van der Waals surface area contributed by atoms with Gasteiger partial charge in [-0.25, -0.2) is 0 Å². The van der Waals surface area contributed by atoms with Gasteiger partial charge in [0.2, 0.25) is 0 Å². The molecule has 3 heterocycles. The minimum Gasteiger partial charge on any atom is -0.351 e. The molecule has 1 aliphatic rings. The van der Waals surface area contributed by atoms with Crippen LogP contribution in [-0.4, -0.2) is 14.7 Å². The number of rotatable bonds is 4. The van der Waals surface area contributed by atoms with Gasteiger partial charge in [-0.3, -0.25) is 4.98 Å². The first-order chi connectivity index (χ1) is 13.1. The van der Waals surface area contributed by atoms with Gasteiger partial charge in [-0.1, -0.05) is 17.7 Å². The molecule has 1 saturated heterocycles. The number of thiocarbonyl (C=S) groups is 1. The number of benzene rings is 1. The van der Waals surface area contributed by atoms with Crippen molar-refractivity contribution in [2.75, 3.05) is 4.90 Å². The number of pyridine rings is 1. The molecule has 0 bridgehead atoms. The van der Waals surface area contributed by atoms with Crippen LogP contribution in [0.15, 0.2) is 67.0 Å². The van der Waals surface area contributed by atoms with E-state index in [1.807, 2.05) is 48.7 Å². The van der Waals surface area contributed by atoms with Crippen molar-refractivity contribution in [2.45, 2.75) is 32.0 Å². The van der Waals surface area contributed by atoms with Gasteiger partial charge in [0.15, 0.2) is 5.11 Å². The number of anilines is 1. The van der Waals surface area contributed by atoms with Crippen LogP contribution in [0.5, 0.6) is 0 Å². The Morgan fingerprint density at radius 2 is 1.85 bits per heavy atom. The first-order valence-corrected chi connectivity index (χ1v) is 9.78. The van der Waals surface area contributed by atoms with Crippen molar-refractivity contribution in [3.63, 3.8) is 0 Å². The molecule has 3 aromatic rings. The lowest BCUT2D eigenvalue weighted by Gasteiger charge is -2.29. The van der Waals surface area contributed by atoms with E-state index in [1.54, 1.807) is 0 Å². The van der Waals surface area contributed by atoms with Crippen LogP contribution in [0.1, 0.15) is 43.4 Å². The van der Waals surface area contributed by atoms with E-state index in [0.29, 0.717) is 16.2 Å². The molecule has 1 aromatic carbocycles. The Hall–Kier alpha value is -2.37. The van der Waals surface area contributed by atoms with E-state index in [-0.39, 0.29) is 12.1 Å². The monoisotopic (exact) mass is 396 g/mol. The standard InChI is InChI=1S/C21H21ClN4S/c1-14(2)25-13-5-7-18(25)20-19(17-6-3-4-12-23-17)24-21(27)26(20)16-10-8-15(22)9-11-16/h3-14,19-20H,1-2H3,(H,24,27)/t19-,20-/m0/s1. The molecule has 2 atom stereocenters. The van der Waals surface area contributed by atoms with Gasteiger partial charge in [-0.15, -0.1) is 0 Å². The predicted octanol–water partition coefficient (Wildman–Crippen LogP) is 5.29. The fourth-order valence-electron chi connectivity index (χ4n) is 3.66. The molecule has 6 heteroatoms. The largest absolute Gasteiger partial charge is 0.351 e. The van der Waals surface area contributed by atoms with Gasteiger partial charge >= 0.3 is 0 Å². The Morgan fingerprint density at radius 1 is 1.07 bits per heavy atom. The lowest BCUT2D eigenvalue weighted by molar-refractivity contribution is 0.497. The van der Waals surface area contributed by atoms with Gasteiger partial charge in [-0.2, -0.15) is 0 Å². The highest BCUT2D eigenvalue weighted by molar-refractivity contribution is 7.80. The van der Waals surface area contributed by atoms with Crippen molar-refractivity contribution in [1.29, 1.82) is 0 Å². The lowest BCUT2D eigenvalue weighted by atomic mass is 10.0. The topological polar surface area (TPSA) is 33.1 Å². The molecule has 1 aliphatic heterocycles. The van der Waals surface area contributed by atoms with Crippen molar-refractivity contribution in [3.8, 4) is 0 Å². The molecule has 27 heavy (non-hydrogen) atoms. The summed E-state index contributed by atoms with van der Waals surface area (Å²) in [6.45, 7) is 4.37. The Bertz CT molecular complexity index is 936. The molecule has 0 radical (unpaired) electrons. The number of halogens is 1. The number of hydrogen-bond acceptors (Lipinski definition) is 2. The maximum atomic E-state index is 6.10. The smallest absolute Gasteiger partial charge is 0.174 e. The van der Waals surface area contributed by atoms with Crippen LogP contribution in [0.4, 0.5) is 5.69 Å². The molecular formula is C21H21ClN4S. The van der Waals surface area contributed by atoms with E-state index in [1.165, 1.54) is 5.69 Å². The van der Waals surface area contributed by atoms with Gasteiger partial charge in [0.1, 0.15) is 6.04 Å². The van der Waals surface area contributed by atoms with Crippen LogP contribution in [0.2, 0.25) is 5.02 Å². The molecule has 4 nitrogen and oxygen atoms in total. The first-order valence-electron chi connectivity index (χ1n) is 8.99. The highest BCUT2D eigenvalue weighted by Gasteiger charge is 2.42. The molecular weight excluding hydrogens is 376 g/mol. The summed E-state index contributed by atoms with van der Waals surface area (Å²) in [4.78, 5) is 6.76. The summed E-state index contributed by atoms with van der Waals surface area (Å²) in [6, 6.07) is 18.3. The number of hydrogen-bond donors (Lipinski definition) is 1. The number of aromatic nitrogens is 2. The third-order valence-electron chi connectivity index (χ3n) is 4.87. The van der Waals surface area contributed by atoms with E-state index < -0.39 is 0 Å². The number of nitrogens with zero attached hydrogens (tertiary/aromatic N) is 3. The zero-order valence-corrected chi connectivity index (χ0v) is 16.8. The quantitative estimate of drug-likeness (QED) is 0.607. The molecule has 0 amide bonds. The Morgan fingerprint density at radius 3 is 2.52 bits per heavy atom. The highest BCUT2D eigenvalue weighted by atomic mass is 35.5. The molecule has 0 aliphatic carbocycles. The van der Waals surface area contributed by atoms with Crippen LogP contribution in [0, 0.1) is 0 Å². The second-order valence-corrected chi connectivity index (χ2v) is 7.73. The Kier molecular flexibility index (Phi) is 4.89. The van der Waals surface area contributed by atoms with Crippen molar-refractivity contribution < 1.29 is 0 Å². The first kappa shape index (κ1) is 18.0. The fourth-order valence-corrected chi connectivity index (χ4v) is 4.14. The van der Waals surface area contributed by atoms with E-state index in [4.69, 9.17) is 23.8 Å². The molecule has 1 fully saturated rings. The molecule has 0 saturated carbocycles. The van der Waals surface area contributed by atoms with Gasteiger partial charge in [-0.05, 0) is 74.6 Å². The zero-order valence-electron chi connectivity index (χ0n) is 15.2. The summed E-state index contributed by atoms with van der Waals surface area (Å²) >= 11 is 11.8. The fraction of sp³-hybridized carbons (Fsp3) is 0.238. The summed E-state index contributed by atoms with van der Waals surface area (Å²) in [5.74, 6) is 0. The van der Waals surface area contributed by atoms with Crippen LogP contribution in [-0.2, 0) is 0 Å². The van der Waals surface area contributed by atoms with Crippen molar-refractivity contribution in [2.24, 2.45) is 0 Å². The zero-order chi connectivity index (χ0) is 19.0. The summed E-state index contributed by atoms with van der Waals surface area (Å²) < 4.78 is 2.29. The molecule has 1 N–H and O–H groups in total. The molecule has 0 spiro atoms. The minimum absolute atomic E-state index is 0.00836. The van der Waals surface area contributed by atoms with Gasteiger partial charge < -0.3 is 14.8 Å². The van der Waals surface area contributed by atoms with Crippen molar-refractivity contribution in [3.05, 3.63) is 83.4 Å². The summed E-state index contributed by atoms with van der Waals surface area (Å²) in [7, 11) is 0. The van der Waals surface area contributed by atoms with E-state index in [9.17, 15) is 0 Å². The van der Waals surface area contributed by atoms with Crippen LogP contribution < -0.4 is 10.2 Å². The summed E-state index contributed by atoms with van der Waals surface area (Å²) in [6.07, 6.45) is 3.94. The average Bonchev–Trinajstić information content (AvgIpc) is 3.27. The van der Waals surface area contributed by atoms with Crippen LogP contribution in [0.3, 0.4) is 0 Å². The minimum atomic E-state index is -0.0400. The lowest BCUT2D eigenvalue weighted by Crippen LogP contribution is -2.30. The van der Waals surface area contributed by atoms with Crippen LogP contribution >= 0.6 is 23.8 Å². The normalized spacial score (nSPS) is 19.6. The number of nitrogens with one attached hydrogen (secondary N) is 1. The Labute approximate surface area is 169 Å². The SMILES string of the molecule is CC(C)n1cccc1[C@H]1[C@H](c2ccccn2)NC(=S)N1c1ccc(Cl)cc1. The third kappa shape index (κ3) is 3.33. The van der Waals surface area contributed by atoms with E-state index in [2.05, 4.69) is 51.9 Å². The van der Waals surface area contributed by atoms with E-state index >= 15 is 0 Å². The molecule has 4 rings (SSSR count). The van der Waals surface area contributed by atoms with Gasteiger partial charge in [0.05, 0.1) is 11.7 Å². The summed E-state index contributed by atoms with van der Waals surface area (Å²) in [5.41, 5.74) is 3.18. The maximum Gasteiger partial charge on any atom is 0.174 e. The van der Waals surface area contributed by atoms with Gasteiger partial charge in [0, 0.05) is 34.8 Å². The second-order valence-electron chi connectivity index (χ2n) is 6.91. The van der Waals surface area contributed by atoms with Crippen LogP contribution in [0.25, 0.3) is 0 Å². The second kappa shape index (κ2) is 7.33. The van der Waals surface area contributed by atoms with Crippen molar-refractivity contribution in [1.82, 2.24) is 14.9 Å². The predicted molar refractivity (Wildman–Crippen MR) is 114 cm³/mol. The molecule has 2 aromatic heterocycles.